The maximum Gasteiger partial charge on any atom is 0.213 e. The Morgan fingerprint density at radius 3 is 2.92 bits per heavy atom. The van der Waals surface area contributed by atoms with Gasteiger partial charge in [-0.1, -0.05) is 0 Å². The van der Waals surface area contributed by atoms with E-state index in [-0.39, 0.29) is 12.0 Å². The summed E-state index contributed by atoms with van der Waals surface area (Å²) in [5.74, 6) is 0.622. The van der Waals surface area contributed by atoms with Gasteiger partial charge in [-0.3, -0.25) is 0 Å². The number of rotatable bonds is 3. The summed E-state index contributed by atoms with van der Waals surface area (Å²) in [5, 5.41) is 9.21. The van der Waals surface area contributed by atoms with E-state index in [0.717, 1.165) is 18.4 Å². The van der Waals surface area contributed by atoms with E-state index in [4.69, 9.17) is 4.74 Å². The summed E-state index contributed by atoms with van der Waals surface area (Å²) < 4.78 is 5.03. The highest BCUT2D eigenvalue weighted by molar-refractivity contribution is 5.33. The molecule has 0 aliphatic heterocycles. The van der Waals surface area contributed by atoms with Crippen LogP contribution in [0, 0.1) is 0 Å². The number of aromatic nitrogens is 1. The van der Waals surface area contributed by atoms with E-state index in [1.165, 1.54) is 0 Å². The Morgan fingerprint density at radius 2 is 2.38 bits per heavy atom. The van der Waals surface area contributed by atoms with Crippen LogP contribution in [0.3, 0.4) is 0 Å². The normalized spacial score (nSPS) is 18.3. The van der Waals surface area contributed by atoms with Crippen LogP contribution in [0.4, 0.5) is 0 Å². The van der Waals surface area contributed by atoms with Gasteiger partial charge in [0.2, 0.25) is 5.88 Å². The minimum absolute atomic E-state index is 0.0101. The van der Waals surface area contributed by atoms with Gasteiger partial charge in [0.05, 0.1) is 13.7 Å². The van der Waals surface area contributed by atoms with Crippen molar-refractivity contribution in [1.29, 1.82) is 0 Å². The number of ether oxygens (including phenoxy) is 1. The highest BCUT2D eigenvalue weighted by Gasteiger charge is 2.43. The van der Waals surface area contributed by atoms with Crippen molar-refractivity contribution < 1.29 is 9.84 Å². The van der Waals surface area contributed by atoms with E-state index in [1.807, 2.05) is 12.1 Å². The van der Waals surface area contributed by atoms with Gasteiger partial charge in [0, 0.05) is 17.7 Å². The smallest absolute Gasteiger partial charge is 0.213 e. The van der Waals surface area contributed by atoms with Gasteiger partial charge in [0.1, 0.15) is 0 Å². The second kappa shape index (κ2) is 3.00. The summed E-state index contributed by atoms with van der Waals surface area (Å²) in [6.45, 7) is 0.222. The molecule has 3 nitrogen and oxygen atoms in total. The Labute approximate surface area is 77.4 Å². The van der Waals surface area contributed by atoms with Crippen molar-refractivity contribution in [3.05, 3.63) is 23.9 Å². The van der Waals surface area contributed by atoms with E-state index in [2.05, 4.69) is 4.98 Å². The first-order valence-electron chi connectivity index (χ1n) is 4.42. The standard InChI is InChI=1S/C10H13NO2/c1-13-9-6-8(2-5-11-9)10(7-12)3-4-10/h2,5-6,12H,3-4,7H2,1H3. The first-order chi connectivity index (χ1) is 6.30. The van der Waals surface area contributed by atoms with Crippen molar-refractivity contribution in [1.82, 2.24) is 4.98 Å². The van der Waals surface area contributed by atoms with Gasteiger partial charge in [-0.2, -0.15) is 0 Å². The Hall–Kier alpha value is -1.09. The van der Waals surface area contributed by atoms with Gasteiger partial charge < -0.3 is 9.84 Å². The highest BCUT2D eigenvalue weighted by Crippen LogP contribution is 2.47. The third kappa shape index (κ3) is 1.40. The second-order valence-corrected chi connectivity index (χ2v) is 3.53. The van der Waals surface area contributed by atoms with E-state index in [1.54, 1.807) is 13.3 Å². The Bertz CT molecular complexity index is 308. The Kier molecular flexibility index (Phi) is 1.96. The third-order valence-corrected chi connectivity index (χ3v) is 2.71. The van der Waals surface area contributed by atoms with Crippen molar-refractivity contribution in [2.75, 3.05) is 13.7 Å². The number of nitrogens with zero attached hydrogens (tertiary/aromatic N) is 1. The fourth-order valence-corrected chi connectivity index (χ4v) is 1.54. The fourth-order valence-electron chi connectivity index (χ4n) is 1.54. The molecule has 1 fully saturated rings. The molecule has 0 atom stereocenters. The molecule has 0 amide bonds. The predicted molar refractivity (Wildman–Crippen MR) is 48.8 cm³/mol. The molecule has 0 aromatic carbocycles. The van der Waals surface area contributed by atoms with Crippen molar-refractivity contribution in [2.45, 2.75) is 18.3 Å². The lowest BCUT2D eigenvalue weighted by Gasteiger charge is -2.12. The first kappa shape index (κ1) is 8.51. The van der Waals surface area contributed by atoms with Gasteiger partial charge in [-0.25, -0.2) is 4.98 Å². The SMILES string of the molecule is COc1cc(C2(CO)CC2)ccn1. The van der Waals surface area contributed by atoms with Crippen molar-refractivity contribution in [3.63, 3.8) is 0 Å². The molecule has 70 valence electrons. The van der Waals surface area contributed by atoms with E-state index in [0.29, 0.717) is 5.88 Å². The topological polar surface area (TPSA) is 42.4 Å². The molecule has 1 aliphatic carbocycles. The monoisotopic (exact) mass is 179 g/mol. The lowest BCUT2D eigenvalue weighted by atomic mass is 9.98. The number of pyridine rings is 1. The van der Waals surface area contributed by atoms with Crippen LogP contribution in [-0.2, 0) is 5.41 Å². The van der Waals surface area contributed by atoms with Crippen LogP contribution < -0.4 is 4.74 Å². The molecule has 2 rings (SSSR count). The molecule has 1 aromatic heterocycles. The van der Waals surface area contributed by atoms with Crippen LogP contribution in [0.5, 0.6) is 5.88 Å². The highest BCUT2D eigenvalue weighted by atomic mass is 16.5. The maximum atomic E-state index is 9.21. The zero-order valence-electron chi connectivity index (χ0n) is 7.66. The molecule has 0 bridgehead atoms. The maximum absolute atomic E-state index is 9.21. The average Bonchev–Trinajstić information content (AvgIpc) is 2.99. The van der Waals surface area contributed by atoms with Crippen molar-refractivity contribution in [3.8, 4) is 5.88 Å². The fraction of sp³-hybridized carbons (Fsp3) is 0.500. The minimum atomic E-state index is 0.0101. The molecule has 0 unspecified atom stereocenters. The Morgan fingerprint density at radius 1 is 1.62 bits per heavy atom. The van der Waals surface area contributed by atoms with Crippen LogP contribution >= 0.6 is 0 Å². The van der Waals surface area contributed by atoms with Gasteiger partial charge in [-0.15, -0.1) is 0 Å². The van der Waals surface area contributed by atoms with E-state index in [9.17, 15) is 5.11 Å². The van der Waals surface area contributed by atoms with Gasteiger partial charge >= 0.3 is 0 Å². The second-order valence-electron chi connectivity index (χ2n) is 3.53. The molecule has 1 heterocycles. The Balaban J connectivity index is 2.30. The number of aliphatic hydroxyl groups excluding tert-OH is 1. The number of hydrogen-bond donors (Lipinski definition) is 1. The summed E-state index contributed by atoms with van der Waals surface area (Å²) in [4.78, 5) is 4.03. The summed E-state index contributed by atoms with van der Waals surface area (Å²) in [5.41, 5.74) is 1.15. The van der Waals surface area contributed by atoms with Crippen LogP contribution in [0.25, 0.3) is 0 Å². The molecule has 1 aromatic rings. The van der Waals surface area contributed by atoms with Crippen LogP contribution in [0.15, 0.2) is 18.3 Å². The number of methoxy groups -OCH3 is 1. The quantitative estimate of drug-likeness (QED) is 0.755. The molecule has 0 saturated heterocycles. The third-order valence-electron chi connectivity index (χ3n) is 2.71. The van der Waals surface area contributed by atoms with Crippen LogP contribution in [-0.4, -0.2) is 23.8 Å². The van der Waals surface area contributed by atoms with E-state index < -0.39 is 0 Å². The molecule has 1 saturated carbocycles. The molecule has 13 heavy (non-hydrogen) atoms. The zero-order valence-corrected chi connectivity index (χ0v) is 7.66. The van der Waals surface area contributed by atoms with Crippen LogP contribution in [0.2, 0.25) is 0 Å². The molecule has 0 spiro atoms. The summed E-state index contributed by atoms with van der Waals surface area (Å²) in [6, 6.07) is 3.86. The van der Waals surface area contributed by atoms with Crippen molar-refractivity contribution >= 4 is 0 Å². The van der Waals surface area contributed by atoms with Crippen LogP contribution in [0.1, 0.15) is 18.4 Å². The average molecular weight is 179 g/mol. The predicted octanol–water partition coefficient (Wildman–Crippen LogP) is 1.11. The minimum Gasteiger partial charge on any atom is -0.481 e. The van der Waals surface area contributed by atoms with Gasteiger partial charge in [0.25, 0.3) is 0 Å². The lowest BCUT2D eigenvalue weighted by Crippen LogP contribution is -2.11. The van der Waals surface area contributed by atoms with Gasteiger partial charge in [0.15, 0.2) is 0 Å². The largest absolute Gasteiger partial charge is 0.481 e. The van der Waals surface area contributed by atoms with E-state index >= 15 is 0 Å². The summed E-state index contributed by atoms with van der Waals surface area (Å²) >= 11 is 0. The lowest BCUT2D eigenvalue weighted by molar-refractivity contribution is 0.254. The van der Waals surface area contributed by atoms with Gasteiger partial charge in [-0.05, 0) is 24.5 Å². The number of aliphatic hydroxyl groups is 1. The molecular formula is C10H13NO2. The van der Waals surface area contributed by atoms with Crippen molar-refractivity contribution in [2.24, 2.45) is 0 Å². The molecule has 1 aliphatic rings. The summed E-state index contributed by atoms with van der Waals surface area (Å²) in [6.07, 6.45) is 3.86. The summed E-state index contributed by atoms with van der Waals surface area (Å²) in [7, 11) is 1.60. The first-order valence-corrected chi connectivity index (χ1v) is 4.42. The number of hydrogen-bond acceptors (Lipinski definition) is 3. The molecule has 1 N–H and O–H groups in total. The molecule has 3 heteroatoms. The zero-order chi connectivity index (χ0) is 9.31. The molecular weight excluding hydrogens is 166 g/mol. The molecule has 0 radical (unpaired) electrons.